The highest BCUT2D eigenvalue weighted by Gasteiger charge is 2.46. The number of nitrogens with zero attached hydrogens (tertiary/aromatic N) is 2. The summed E-state index contributed by atoms with van der Waals surface area (Å²) >= 11 is 5.98. The zero-order valence-corrected chi connectivity index (χ0v) is 23.2. The normalized spacial score (nSPS) is 18.9. The zero-order chi connectivity index (χ0) is 28.4. The number of oxazole rings is 1. The summed E-state index contributed by atoms with van der Waals surface area (Å²) in [5.74, 6) is -1.01. The topological polar surface area (TPSA) is 130 Å². The summed E-state index contributed by atoms with van der Waals surface area (Å²) in [7, 11) is -3.84. The molecule has 0 radical (unpaired) electrons. The van der Waals surface area contributed by atoms with Gasteiger partial charge in [-0.25, -0.2) is 13.4 Å². The number of fused-ring (bicyclic) bond motifs is 1. The number of nitrogens with one attached hydrogen (secondary N) is 1. The van der Waals surface area contributed by atoms with Crippen LogP contribution < -0.4 is 5.32 Å². The molecule has 4 aromatic rings. The van der Waals surface area contributed by atoms with Crippen molar-refractivity contribution < 1.29 is 27.5 Å². The van der Waals surface area contributed by atoms with E-state index in [0.29, 0.717) is 22.5 Å². The molecule has 0 spiro atoms. The van der Waals surface area contributed by atoms with Crippen LogP contribution in [0.15, 0.2) is 88.2 Å². The Labute approximate surface area is 236 Å². The maximum absolute atomic E-state index is 13.6. The smallest absolute Gasteiger partial charge is 0.254 e. The van der Waals surface area contributed by atoms with E-state index in [1.165, 1.54) is 29.2 Å². The molecule has 5 rings (SSSR count). The van der Waals surface area contributed by atoms with Gasteiger partial charge in [0.15, 0.2) is 21.5 Å². The highest BCUT2D eigenvalue weighted by atomic mass is 35.5. The lowest BCUT2D eigenvalue weighted by atomic mass is 10.1. The molecule has 1 aliphatic heterocycles. The number of likely N-dealkylation sites (tertiary alicyclic amines) is 1. The Kier molecular flexibility index (Phi) is 7.93. The summed E-state index contributed by atoms with van der Waals surface area (Å²) in [5, 5.41) is 13.3. The van der Waals surface area contributed by atoms with Crippen LogP contribution in [0.25, 0.3) is 11.1 Å². The fourth-order valence-corrected chi connectivity index (χ4v) is 6.77. The van der Waals surface area contributed by atoms with Crippen LogP contribution in [0, 0.1) is 0 Å². The van der Waals surface area contributed by atoms with Gasteiger partial charge < -0.3 is 19.7 Å². The highest BCUT2D eigenvalue weighted by Crippen LogP contribution is 2.31. The van der Waals surface area contributed by atoms with E-state index in [1.807, 2.05) is 0 Å². The number of para-hydroxylation sites is 2. The molecule has 1 fully saturated rings. The molecule has 11 heteroatoms. The summed E-state index contributed by atoms with van der Waals surface area (Å²) in [6.07, 6.45) is -1.03. The lowest BCUT2D eigenvalue weighted by Crippen LogP contribution is -2.50. The maximum Gasteiger partial charge on any atom is 0.254 e. The van der Waals surface area contributed by atoms with Crippen molar-refractivity contribution in [1.82, 2.24) is 15.2 Å². The lowest BCUT2D eigenvalue weighted by molar-refractivity contribution is -0.126. The van der Waals surface area contributed by atoms with Crippen LogP contribution in [0.3, 0.4) is 0 Å². The highest BCUT2D eigenvalue weighted by molar-refractivity contribution is 7.92. The van der Waals surface area contributed by atoms with Gasteiger partial charge in [-0.15, -0.1) is 0 Å². The number of aliphatic hydroxyl groups is 1. The van der Waals surface area contributed by atoms with Gasteiger partial charge in [-0.2, -0.15) is 0 Å². The van der Waals surface area contributed by atoms with E-state index in [2.05, 4.69) is 10.3 Å². The van der Waals surface area contributed by atoms with Crippen LogP contribution in [0.4, 0.5) is 0 Å². The minimum absolute atomic E-state index is 0.0541. The fourth-order valence-electron chi connectivity index (χ4n) is 4.93. The van der Waals surface area contributed by atoms with Crippen molar-refractivity contribution in [3.05, 3.63) is 95.3 Å². The molecule has 3 aromatic carbocycles. The Balaban J connectivity index is 1.41. The number of hydrogen-bond donors (Lipinski definition) is 2. The van der Waals surface area contributed by atoms with Gasteiger partial charge in [0.1, 0.15) is 11.6 Å². The molecular formula is C29H28ClN3O6S. The second-order valence-electron chi connectivity index (χ2n) is 9.68. The number of carbonyl (C=O) groups excluding carboxylic acids is 2. The largest absolute Gasteiger partial charge is 0.438 e. The summed E-state index contributed by atoms with van der Waals surface area (Å²) in [5.41, 5.74) is 1.35. The van der Waals surface area contributed by atoms with E-state index in [9.17, 15) is 23.1 Å². The van der Waals surface area contributed by atoms with E-state index in [0.717, 1.165) is 0 Å². The van der Waals surface area contributed by atoms with Crippen LogP contribution in [-0.2, 0) is 14.6 Å². The predicted octanol–water partition coefficient (Wildman–Crippen LogP) is 4.17. The Morgan fingerprint density at radius 2 is 1.75 bits per heavy atom. The molecule has 4 atom stereocenters. The maximum atomic E-state index is 13.6. The molecule has 2 N–H and O–H groups in total. The lowest BCUT2D eigenvalue weighted by Gasteiger charge is -2.27. The zero-order valence-electron chi connectivity index (χ0n) is 21.6. The molecule has 1 saturated heterocycles. The van der Waals surface area contributed by atoms with E-state index >= 15 is 0 Å². The van der Waals surface area contributed by atoms with E-state index in [-0.39, 0.29) is 29.3 Å². The summed E-state index contributed by atoms with van der Waals surface area (Å²) in [6, 6.07) is 19.3. The second kappa shape index (κ2) is 11.4. The van der Waals surface area contributed by atoms with Crippen LogP contribution in [0.2, 0.25) is 5.02 Å². The molecule has 2 amide bonds. The van der Waals surface area contributed by atoms with Crippen molar-refractivity contribution >= 4 is 44.4 Å². The monoisotopic (exact) mass is 581 g/mol. The van der Waals surface area contributed by atoms with Crippen molar-refractivity contribution in [3.63, 3.8) is 0 Å². The molecule has 2 heterocycles. The third-order valence-electron chi connectivity index (χ3n) is 7.14. The standard InChI is InChI=1S/C29H28ClN3O6S/c1-2-22(26(34)28-32-23-10-6-7-11-25(23)39-28)31-27(35)24-16-21(40(37,38)20-8-4-3-5-9-20)17-33(24)29(36)18-12-14-19(30)15-13-18/h3-15,21-22,24,26,34H,2,16-17H2,1H3,(H,31,35)/t21-,22?,24+,26?/m1/s1. The molecule has 9 nitrogen and oxygen atoms in total. The number of hydrogen-bond acceptors (Lipinski definition) is 7. The number of aromatic nitrogens is 1. The summed E-state index contributed by atoms with van der Waals surface area (Å²) in [6.45, 7) is 1.62. The van der Waals surface area contributed by atoms with Gasteiger partial charge in [0.2, 0.25) is 11.8 Å². The van der Waals surface area contributed by atoms with Crippen molar-refractivity contribution in [2.45, 2.75) is 48.1 Å². The molecule has 0 bridgehead atoms. The van der Waals surface area contributed by atoms with E-state index in [4.69, 9.17) is 16.0 Å². The Hall–Kier alpha value is -3.73. The minimum atomic E-state index is -3.84. The Bertz CT molecular complexity index is 1590. The molecule has 208 valence electrons. The van der Waals surface area contributed by atoms with Crippen molar-refractivity contribution in [2.24, 2.45) is 0 Å². The molecule has 0 saturated carbocycles. The van der Waals surface area contributed by atoms with Gasteiger partial charge in [-0.3, -0.25) is 9.59 Å². The van der Waals surface area contributed by atoms with Gasteiger partial charge in [0, 0.05) is 17.1 Å². The average molecular weight is 582 g/mol. The van der Waals surface area contributed by atoms with Gasteiger partial charge in [-0.1, -0.05) is 48.9 Å². The van der Waals surface area contributed by atoms with Gasteiger partial charge in [0.25, 0.3) is 5.91 Å². The number of halogens is 1. The van der Waals surface area contributed by atoms with E-state index < -0.39 is 45.1 Å². The number of sulfone groups is 1. The predicted molar refractivity (Wildman–Crippen MR) is 149 cm³/mol. The first-order valence-corrected chi connectivity index (χ1v) is 14.8. The van der Waals surface area contributed by atoms with Crippen LogP contribution in [0.1, 0.15) is 42.1 Å². The van der Waals surface area contributed by atoms with Gasteiger partial charge in [-0.05, 0) is 61.4 Å². The number of amides is 2. The van der Waals surface area contributed by atoms with Gasteiger partial charge in [0.05, 0.1) is 16.2 Å². The first-order chi connectivity index (χ1) is 19.2. The SMILES string of the molecule is CCC(NC(=O)[C@@H]1C[C@@H](S(=O)(=O)c2ccccc2)CN1C(=O)c1ccc(Cl)cc1)C(O)c1nc2ccccc2o1. The molecule has 1 aromatic heterocycles. The Morgan fingerprint density at radius 1 is 1.07 bits per heavy atom. The number of rotatable bonds is 8. The fraction of sp³-hybridized carbons (Fsp3) is 0.276. The van der Waals surface area contributed by atoms with Crippen LogP contribution >= 0.6 is 11.6 Å². The molecule has 1 aliphatic rings. The molecule has 40 heavy (non-hydrogen) atoms. The average Bonchev–Trinajstić information content (AvgIpc) is 3.62. The summed E-state index contributed by atoms with van der Waals surface area (Å²) < 4.78 is 32.6. The third-order valence-corrected chi connectivity index (χ3v) is 9.54. The van der Waals surface area contributed by atoms with Gasteiger partial charge >= 0.3 is 0 Å². The number of aliphatic hydroxyl groups excluding tert-OH is 1. The Morgan fingerprint density at radius 3 is 2.42 bits per heavy atom. The van der Waals surface area contributed by atoms with Crippen LogP contribution in [-0.4, -0.2) is 59.1 Å². The van der Waals surface area contributed by atoms with Crippen LogP contribution in [0.5, 0.6) is 0 Å². The number of benzene rings is 3. The van der Waals surface area contributed by atoms with Crippen molar-refractivity contribution in [1.29, 1.82) is 0 Å². The van der Waals surface area contributed by atoms with Crippen molar-refractivity contribution in [3.8, 4) is 0 Å². The third kappa shape index (κ3) is 5.47. The first-order valence-electron chi connectivity index (χ1n) is 12.9. The van der Waals surface area contributed by atoms with E-state index in [1.54, 1.807) is 61.5 Å². The molecule has 2 unspecified atom stereocenters. The minimum Gasteiger partial charge on any atom is -0.438 e. The van der Waals surface area contributed by atoms with Crippen molar-refractivity contribution in [2.75, 3.05) is 6.54 Å². The quantitative estimate of drug-likeness (QED) is 0.319. The second-order valence-corrected chi connectivity index (χ2v) is 12.3. The number of carbonyl (C=O) groups is 2. The molecule has 0 aliphatic carbocycles. The summed E-state index contributed by atoms with van der Waals surface area (Å²) in [4.78, 5) is 32.9. The molecular weight excluding hydrogens is 554 g/mol. The first kappa shape index (κ1) is 27.8.